The number of carbonyl (C=O) groups is 3. The molecule has 0 aliphatic rings. The molecule has 1 aromatic carbocycles. The zero-order valence-corrected chi connectivity index (χ0v) is 15.3. The lowest BCUT2D eigenvalue weighted by atomic mass is 10.2. The Bertz CT molecular complexity index is 856. The first-order chi connectivity index (χ1) is 12.9. The van der Waals surface area contributed by atoms with Crippen LogP contribution in [0.25, 0.3) is 0 Å². The Labute approximate surface area is 162 Å². The zero-order chi connectivity index (χ0) is 19.8. The molecule has 2 rings (SSSR count). The van der Waals surface area contributed by atoms with Crippen LogP contribution in [0.15, 0.2) is 35.7 Å². The summed E-state index contributed by atoms with van der Waals surface area (Å²) in [5.74, 6) is -2.01. The van der Waals surface area contributed by atoms with Gasteiger partial charge in [0.25, 0.3) is 17.5 Å². The Morgan fingerprint density at radius 1 is 1.22 bits per heavy atom. The first-order valence-electron chi connectivity index (χ1n) is 7.53. The second-order valence-electron chi connectivity index (χ2n) is 5.12. The number of thiophene rings is 1. The number of carbonyl (C=O) groups excluding carboxylic acids is 3. The fourth-order valence-electron chi connectivity index (χ4n) is 1.90. The molecule has 2 amide bonds. The molecule has 0 spiro atoms. The van der Waals surface area contributed by atoms with Gasteiger partial charge in [-0.25, -0.2) is 0 Å². The van der Waals surface area contributed by atoms with Crippen LogP contribution in [-0.4, -0.2) is 35.9 Å². The highest BCUT2D eigenvalue weighted by atomic mass is 35.5. The van der Waals surface area contributed by atoms with Crippen molar-refractivity contribution in [3.05, 3.63) is 61.3 Å². The maximum absolute atomic E-state index is 11.9. The minimum absolute atomic E-state index is 0.0346. The number of halogens is 1. The largest absolute Gasteiger partial charge is 0.454 e. The summed E-state index contributed by atoms with van der Waals surface area (Å²) in [5.41, 5.74) is -0.457. The third-order valence-corrected chi connectivity index (χ3v) is 4.40. The summed E-state index contributed by atoms with van der Waals surface area (Å²) in [6.07, 6.45) is 0. The van der Waals surface area contributed by atoms with Gasteiger partial charge in [-0.2, -0.15) is 0 Å². The van der Waals surface area contributed by atoms with Crippen LogP contribution in [0.1, 0.15) is 15.2 Å². The van der Waals surface area contributed by atoms with Crippen LogP contribution in [0, 0.1) is 10.1 Å². The fraction of sp³-hybridized carbons (Fsp3) is 0.188. The van der Waals surface area contributed by atoms with Crippen molar-refractivity contribution in [2.75, 3.05) is 13.2 Å². The quantitative estimate of drug-likeness (QED) is 0.388. The number of nitro groups is 1. The van der Waals surface area contributed by atoms with Crippen LogP contribution in [0.4, 0.5) is 5.69 Å². The Balaban J connectivity index is 1.74. The van der Waals surface area contributed by atoms with Gasteiger partial charge in [0.2, 0.25) is 0 Å². The average molecular weight is 412 g/mol. The van der Waals surface area contributed by atoms with Crippen LogP contribution in [-0.2, 0) is 20.9 Å². The van der Waals surface area contributed by atoms with E-state index in [9.17, 15) is 24.5 Å². The summed E-state index contributed by atoms with van der Waals surface area (Å²) in [7, 11) is 0. The zero-order valence-electron chi connectivity index (χ0n) is 13.8. The van der Waals surface area contributed by atoms with E-state index in [1.807, 2.05) is 17.5 Å². The summed E-state index contributed by atoms with van der Waals surface area (Å²) in [4.78, 5) is 46.2. The van der Waals surface area contributed by atoms with Crippen LogP contribution >= 0.6 is 22.9 Å². The molecule has 0 aliphatic heterocycles. The molecule has 142 valence electrons. The standard InChI is InChI=1S/C16H14ClN3O6S/c17-12-4-3-10(6-13(12)20(24)25)16(23)19-8-15(22)26-9-14(21)18-7-11-2-1-5-27-11/h1-6H,7-9H2,(H,18,21)(H,19,23). The monoisotopic (exact) mass is 411 g/mol. The van der Waals surface area contributed by atoms with Crippen molar-refractivity contribution in [1.82, 2.24) is 10.6 Å². The normalized spacial score (nSPS) is 10.1. The SMILES string of the molecule is O=C(COC(=O)CNC(=O)c1ccc(Cl)c([N+](=O)[O-])c1)NCc1cccs1. The summed E-state index contributed by atoms with van der Waals surface area (Å²) < 4.78 is 4.75. The van der Waals surface area contributed by atoms with Crippen LogP contribution in [0.3, 0.4) is 0 Å². The smallest absolute Gasteiger partial charge is 0.325 e. The van der Waals surface area contributed by atoms with Crippen LogP contribution in [0.5, 0.6) is 0 Å². The number of nitrogens with zero attached hydrogens (tertiary/aromatic N) is 1. The minimum atomic E-state index is -0.821. The summed E-state index contributed by atoms with van der Waals surface area (Å²) in [5, 5.41) is 17.4. The lowest BCUT2D eigenvalue weighted by Crippen LogP contribution is -2.33. The second-order valence-corrected chi connectivity index (χ2v) is 6.56. The van der Waals surface area contributed by atoms with Crippen molar-refractivity contribution in [1.29, 1.82) is 0 Å². The molecule has 0 aliphatic carbocycles. The number of ether oxygens (including phenoxy) is 1. The van der Waals surface area contributed by atoms with E-state index in [4.69, 9.17) is 16.3 Å². The van der Waals surface area contributed by atoms with Crippen molar-refractivity contribution >= 4 is 46.4 Å². The van der Waals surface area contributed by atoms with Crippen LogP contribution in [0.2, 0.25) is 5.02 Å². The van der Waals surface area contributed by atoms with Gasteiger partial charge in [-0.3, -0.25) is 24.5 Å². The van der Waals surface area contributed by atoms with E-state index in [0.717, 1.165) is 10.9 Å². The van der Waals surface area contributed by atoms with Gasteiger partial charge < -0.3 is 15.4 Å². The number of nitro benzene ring substituents is 1. The van der Waals surface area contributed by atoms with E-state index in [1.54, 1.807) is 0 Å². The number of hydrogen-bond donors (Lipinski definition) is 2. The molecule has 2 N–H and O–H groups in total. The molecule has 0 fully saturated rings. The number of esters is 1. The Morgan fingerprint density at radius 2 is 2.00 bits per heavy atom. The van der Waals surface area contributed by atoms with Crippen molar-refractivity contribution in [3.8, 4) is 0 Å². The van der Waals surface area contributed by atoms with Gasteiger partial charge >= 0.3 is 5.97 Å². The molecule has 0 saturated carbocycles. The maximum atomic E-state index is 11.9. The highest BCUT2D eigenvalue weighted by molar-refractivity contribution is 7.09. The molecule has 9 nitrogen and oxygen atoms in total. The number of benzene rings is 1. The van der Waals surface area contributed by atoms with E-state index < -0.39 is 41.5 Å². The van der Waals surface area contributed by atoms with E-state index in [1.165, 1.54) is 23.5 Å². The second kappa shape index (κ2) is 9.64. The number of nitrogens with one attached hydrogen (secondary N) is 2. The number of hydrogen-bond acceptors (Lipinski definition) is 7. The third kappa shape index (κ3) is 6.35. The average Bonchev–Trinajstić information content (AvgIpc) is 3.16. The van der Waals surface area contributed by atoms with Gasteiger partial charge in [-0.05, 0) is 23.6 Å². The first-order valence-corrected chi connectivity index (χ1v) is 8.79. The van der Waals surface area contributed by atoms with Crippen molar-refractivity contribution in [3.63, 3.8) is 0 Å². The molecule has 11 heteroatoms. The summed E-state index contributed by atoms with van der Waals surface area (Å²) >= 11 is 7.15. The van der Waals surface area contributed by atoms with Gasteiger partial charge in [0.15, 0.2) is 6.61 Å². The highest BCUT2D eigenvalue weighted by Gasteiger charge is 2.17. The van der Waals surface area contributed by atoms with E-state index in [0.29, 0.717) is 6.54 Å². The topological polar surface area (TPSA) is 128 Å². The lowest BCUT2D eigenvalue weighted by Gasteiger charge is -2.07. The third-order valence-electron chi connectivity index (χ3n) is 3.20. The van der Waals surface area contributed by atoms with Gasteiger partial charge in [-0.15, -0.1) is 11.3 Å². The molecular formula is C16H14ClN3O6S. The van der Waals surface area contributed by atoms with E-state index in [2.05, 4.69) is 10.6 Å². The predicted molar refractivity (Wildman–Crippen MR) is 97.6 cm³/mol. The molecule has 2 aromatic rings. The van der Waals surface area contributed by atoms with Gasteiger partial charge in [-0.1, -0.05) is 17.7 Å². The Morgan fingerprint density at radius 3 is 2.67 bits per heavy atom. The minimum Gasteiger partial charge on any atom is -0.454 e. The fourth-order valence-corrected chi connectivity index (χ4v) is 2.73. The van der Waals surface area contributed by atoms with Crippen molar-refractivity contribution < 1.29 is 24.0 Å². The molecule has 0 unspecified atom stereocenters. The summed E-state index contributed by atoms with van der Waals surface area (Å²) in [6.45, 7) is -0.639. The van der Waals surface area contributed by atoms with Crippen molar-refractivity contribution in [2.45, 2.75) is 6.54 Å². The lowest BCUT2D eigenvalue weighted by molar-refractivity contribution is -0.384. The molecular weight excluding hydrogens is 398 g/mol. The summed E-state index contributed by atoms with van der Waals surface area (Å²) in [6, 6.07) is 7.21. The molecule has 27 heavy (non-hydrogen) atoms. The van der Waals surface area contributed by atoms with Crippen LogP contribution < -0.4 is 10.6 Å². The molecule has 1 heterocycles. The van der Waals surface area contributed by atoms with Gasteiger partial charge in [0.1, 0.15) is 11.6 Å². The molecule has 0 atom stereocenters. The van der Waals surface area contributed by atoms with Gasteiger partial charge in [0, 0.05) is 16.5 Å². The Kier molecular flexibility index (Phi) is 7.26. The Hall–Kier alpha value is -2.98. The van der Waals surface area contributed by atoms with E-state index in [-0.39, 0.29) is 10.6 Å². The molecule has 0 saturated heterocycles. The predicted octanol–water partition coefficient (Wildman–Crippen LogP) is 1.90. The molecule has 1 aromatic heterocycles. The van der Waals surface area contributed by atoms with E-state index >= 15 is 0 Å². The maximum Gasteiger partial charge on any atom is 0.325 e. The number of amides is 2. The van der Waals surface area contributed by atoms with Crippen molar-refractivity contribution in [2.24, 2.45) is 0 Å². The highest BCUT2D eigenvalue weighted by Crippen LogP contribution is 2.24. The molecule has 0 radical (unpaired) electrons. The number of rotatable bonds is 8. The van der Waals surface area contributed by atoms with Gasteiger partial charge in [0.05, 0.1) is 11.5 Å². The molecule has 0 bridgehead atoms. The first kappa shape index (κ1) is 20.3.